The van der Waals surface area contributed by atoms with Gasteiger partial charge in [-0.05, 0) is 31.5 Å². The zero-order valence-electron chi connectivity index (χ0n) is 10.5. The van der Waals surface area contributed by atoms with Crippen molar-refractivity contribution >= 4 is 0 Å². The monoisotopic (exact) mass is 245 g/mol. The normalized spacial score (nSPS) is 20.1. The molecule has 0 spiro atoms. The van der Waals surface area contributed by atoms with Gasteiger partial charge in [-0.15, -0.1) is 0 Å². The number of aromatic nitrogens is 2. The molecule has 2 aromatic heterocycles. The highest BCUT2D eigenvalue weighted by atomic mass is 16.3. The molecule has 0 amide bonds. The summed E-state index contributed by atoms with van der Waals surface area (Å²) in [6.07, 6.45) is 10.4. The number of hydrogen-bond donors (Lipinski definition) is 1. The Morgan fingerprint density at radius 2 is 2.44 bits per heavy atom. The van der Waals surface area contributed by atoms with Crippen LogP contribution in [0.5, 0.6) is 0 Å². The minimum atomic E-state index is 0.470. The molecular weight excluding hydrogens is 226 g/mol. The van der Waals surface area contributed by atoms with Crippen molar-refractivity contribution in [3.8, 4) is 0 Å². The molecule has 1 atom stereocenters. The van der Waals surface area contributed by atoms with Crippen molar-refractivity contribution in [1.82, 2.24) is 14.9 Å². The Bertz CT molecular complexity index is 469. The zero-order valence-corrected chi connectivity index (χ0v) is 10.5. The maximum absolute atomic E-state index is 5.37. The molecule has 96 valence electrons. The summed E-state index contributed by atoms with van der Waals surface area (Å²) < 4.78 is 7.61. The molecule has 0 radical (unpaired) electrons. The standard InChI is InChI=1S/C14H19N3O/c1-2-7-16-13(5-1)14-10-15-11-17(14)8-6-12-4-3-9-18-12/h3-4,9-11,13,16H,1-2,5-8H2. The third kappa shape index (κ3) is 2.48. The minimum absolute atomic E-state index is 0.470. The molecular formula is C14H19N3O. The van der Waals surface area contributed by atoms with Crippen LogP contribution in [0.15, 0.2) is 35.3 Å². The Morgan fingerprint density at radius 1 is 1.44 bits per heavy atom. The summed E-state index contributed by atoms with van der Waals surface area (Å²) in [7, 11) is 0. The summed E-state index contributed by atoms with van der Waals surface area (Å²) in [5, 5.41) is 3.57. The van der Waals surface area contributed by atoms with Crippen LogP contribution in [0.1, 0.15) is 36.8 Å². The number of imidazole rings is 1. The third-order valence-electron chi connectivity index (χ3n) is 3.59. The van der Waals surface area contributed by atoms with Crippen LogP contribution in [0.25, 0.3) is 0 Å². The second-order valence-corrected chi connectivity index (χ2v) is 4.84. The van der Waals surface area contributed by atoms with Crippen LogP contribution < -0.4 is 5.32 Å². The Hall–Kier alpha value is -1.55. The second kappa shape index (κ2) is 5.40. The Labute approximate surface area is 107 Å². The second-order valence-electron chi connectivity index (χ2n) is 4.84. The number of piperidine rings is 1. The fourth-order valence-corrected chi connectivity index (χ4v) is 2.60. The first-order chi connectivity index (χ1) is 8.93. The van der Waals surface area contributed by atoms with Gasteiger partial charge in [0.15, 0.2) is 0 Å². The summed E-state index contributed by atoms with van der Waals surface area (Å²) in [6.45, 7) is 2.05. The highest BCUT2D eigenvalue weighted by Crippen LogP contribution is 2.22. The SMILES string of the molecule is c1coc(CCn2cncc2C2CCCCN2)c1. The molecule has 1 N–H and O–H groups in total. The van der Waals surface area contributed by atoms with E-state index < -0.39 is 0 Å². The van der Waals surface area contributed by atoms with Crippen molar-refractivity contribution in [2.75, 3.05) is 6.54 Å². The number of nitrogens with zero attached hydrogens (tertiary/aromatic N) is 2. The van der Waals surface area contributed by atoms with Gasteiger partial charge < -0.3 is 14.3 Å². The van der Waals surface area contributed by atoms with Crippen LogP contribution in [0, 0.1) is 0 Å². The van der Waals surface area contributed by atoms with Gasteiger partial charge in [-0.25, -0.2) is 4.98 Å². The first-order valence-corrected chi connectivity index (χ1v) is 6.69. The molecule has 0 aromatic carbocycles. The molecule has 0 aliphatic carbocycles. The average molecular weight is 245 g/mol. The van der Waals surface area contributed by atoms with Crippen molar-refractivity contribution in [3.63, 3.8) is 0 Å². The molecule has 0 saturated carbocycles. The largest absolute Gasteiger partial charge is 0.469 e. The summed E-state index contributed by atoms with van der Waals surface area (Å²) in [6, 6.07) is 4.43. The zero-order chi connectivity index (χ0) is 12.2. The van der Waals surface area contributed by atoms with Crippen molar-refractivity contribution in [1.29, 1.82) is 0 Å². The summed E-state index contributed by atoms with van der Waals surface area (Å²) in [5.74, 6) is 1.03. The Balaban J connectivity index is 1.67. The maximum atomic E-state index is 5.37. The average Bonchev–Trinajstić information content (AvgIpc) is 3.09. The lowest BCUT2D eigenvalue weighted by molar-refractivity contribution is 0.390. The van der Waals surface area contributed by atoms with Crippen LogP contribution in [0.2, 0.25) is 0 Å². The summed E-state index contributed by atoms with van der Waals surface area (Å²) >= 11 is 0. The fourth-order valence-electron chi connectivity index (χ4n) is 2.60. The van der Waals surface area contributed by atoms with Gasteiger partial charge in [0.25, 0.3) is 0 Å². The van der Waals surface area contributed by atoms with Crippen LogP contribution in [0.4, 0.5) is 0 Å². The molecule has 4 nitrogen and oxygen atoms in total. The molecule has 1 fully saturated rings. The number of rotatable bonds is 4. The molecule has 0 bridgehead atoms. The van der Waals surface area contributed by atoms with E-state index in [9.17, 15) is 0 Å². The van der Waals surface area contributed by atoms with E-state index in [4.69, 9.17) is 4.42 Å². The van der Waals surface area contributed by atoms with Crippen LogP contribution in [-0.2, 0) is 13.0 Å². The minimum Gasteiger partial charge on any atom is -0.469 e. The van der Waals surface area contributed by atoms with Gasteiger partial charge in [0.1, 0.15) is 5.76 Å². The lowest BCUT2D eigenvalue weighted by Crippen LogP contribution is -2.28. The Kier molecular flexibility index (Phi) is 3.46. The van der Waals surface area contributed by atoms with Gasteiger partial charge in [0, 0.05) is 25.2 Å². The number of aryl methyl sites for hydroxylation is 2. The first kappa shape index (κ1) is 11.5. The van der Waals surface area contributed by atoms with E-state index in [1.54, 1.807) is 6.26 Å². The number of furan rings is 1. The predicted octanol–water partition coefficient (Wildman–Crippen LogP) is 2.53. The van der Waals surface area contributed by atoms with Gasteiger partial charge in [0.2, 0.25) is 0 Å². The third-order valence-corrected chi connectivity index (χ3v) is 3.59. The first-order valence-electron chi connectivity index (χ1n) is 6.69. The van der Waals surface area contributed by atoms with Gasteiger partial charge in [0.05, 0.1) is 18.3 Å². The van der Waals surface area contributed by atoms with E-state index in [1.807, 2.05) is 24.7 Å². The smallest absolute Gasteiger partial charge is 0.105 e. The fraction of sp³-hybridized carbons (Fsp3) is 0.500. The lowest BCUT2D eigenvalue weighted by Gasteiger charge is -2.24. The van der Waals surface area contributed by atoms with Gasteiger partial charge in [-0.3, -0.25) is 0 Å². The van der Waals surface area contributed by atoms with Gasteiger partial charge in [-0.2, -0.15) is 0 Å². The Morgan fingerprint density at radius 3 is 3.22 bits per heavy atom. The molecule has 1 unspecified atom stereocenters. The van der Waals surface area contributed by atoms with Crippen molar-refractivity contribution in [2.45, 2.75) is 38.3 Å². The van der Waals surface area contributed by atoms with Crippen molar-refractivity contribution in [3.05, 3.63) is 42.4 Å². The molecule has 4 heteroatoms. The number of nitrogens with one attached hydrogen (secondary N) is 1. The van der Waals surface area contributed by atoms with Gasteiger partial charge in [-0.1, -0.05) is 6.42 Å². The molecule has 1 saturated heterocycles. The van der Waals surface area contributed by atoms with E-state index in [0.29, 0.717) is 6.04 Å². The van der Waals surface area contributed by atoms with E-state index >= 15 is 0 Å². The van der Waals surface area contributed by atoms with Crippen molar-refractivity contribution < 1.29 is 4.42 Å². The van der Waals surface area contributed by atoms with Crippen LogP contribution in [0.3, 0.4) is 0 Å². The summed E-state index contributed by atoms with van der Waals surface area (Å²) in [5.41, 5.74) is 1.31. The maximum Gasteiger partial charge on any atom is 0.105 e. The highest BCUT2D eigenvalue weighted by Gasteiger charge is 2.18. The molecule has 1 aliphatic heterocycles. The molecule has 18 heavy (non-hydrogen) atoms. The predicted molar refractivity (Wildman–Crippen MR) is 69.2 cm³/mol. The van der Waals surface area contributed by atoms with Crippen LogP contribution in [-0.4, -0.2) is 16.1 Å². The van der Waals surface area contributed by atoms with E-state index in [0.717, 1.165) is 25.3 Å². The molecule has 2 aromatic rings. The van der Waals surface area contributed by atoms with Crippen LogP contribution >= 0.6 is 0 Å². The van der Waals surface area contributed by atoms with E-state index in [-0.39, 0.29) is 0 Å². The van der Waals surface area contributed by atoms with E-state index in [1.165, 1.54) is 25.0 Å². The van der Waals surface area contributed by atoms with Crippen molar-refractivity contribution in [2.24, 2.45) is 0 Å². The highest BCUT2D eigenvalue weighted by molar-refractivity contribution is 5.07. The van der Waals surface area contributed by atoms with E-state index in [2.05, 4.69) is 14.9 Å². The molecule has 3 heterocycles. The quantitative estimate of drug-likeness (QED) is 0.900. The lowest BCUT2D eigenvalue weighted by atomic mass is 10.0. The van der Waals surface area contributed by atoms with Gasteiger partial charge >= 0.3 is 0 Å². The topological polar surface area (TPSA) is 43.0 Å². The summed E-state index contributed by atoms with van der Waals surface area (Å²) in [4.78, 5) is 4.29. The molecule has 3 rings (SSSR count). The number of hydrogen-bond acceptors (Lipinski definition) is 3. The molecule has 1 aliphatic rings.